The van der Waals surface area contributed by atoms with Gasteiger partial charge in [-0.2, -0.15) is 0 Å². The van der Waals surface area contributed by atoms with Crippen molar-refractivity contribution in [2.24, 2.45) is 0 Å². The van der Waals surface area contributed by atoms with E-state index in [1.54, 1.807) is 18.3 Å². The standard InChI is InChI=1S/C20H22N4O3/c1-21-14-7-8-16(17(9-14)13-5-3-4-6-13)19(25)24-18(20(26)27-2)10-15-11-22-12-23-15/h1,7-9,11-13,18H,3-6,10H2,2H3,(H-,22,23,24,25)/p+1/t18-/m1/s1. The van der Waals surface area contributed by atoms with Gasteiger partial charge >= 0.3 is 11.7 Å². The second-order valence-corrected chi connectivity index (χ2v) is 6.71. The maximum absolute atomic E-state index is 13.0. The molecule has 140 valence electrons. The predicted octanol–water partition coefficient (Wildman–Crippen LogP) is 3.18. The maximum atomic E-state index is 13.0. The van der Waals surface area contributed by atoms with Crippen LogP contribution >= 0.6 is 0 Å². The summed E-state index contributed by atoms with van der Waals surface area (Å²) in [5.74, 6) is -0.513. The van der Waals surface area contributed by atoms with Crippen LogP contribution < -0.4 is 5.32 Å². The molecule has 7 heteroatoms. The van der Waals surface area contributed by atoms with Gasteiger partial charge in [0.2, 0.25) is 0 Å². The summed E-state index contributed by atoms with van der Waals surface area (Å²) in [4.78, 5) is 35.7. The Morgan fingerprint density at radius 1 is 1.41 bits per heavy atom. The molecule has 0 saturated heterocycles. The SMILES string of the molecule is C#[N+]c1ccc(C(=O)N[C@H](Cc2cnc[nH]2)C(=O)OC)c(C2CCCC2)c1. The zero-order valence-corrected chi connectivity index (χ0v) is 15.3. The van der Waals surface area contributed by atoms with E-state index in [2.05, 4.69) is 20.1 Å². The van der Waals surface area contributed by atoms with Crippen molar-refractivity contribution in [2.75, 3.05) is 7.11 Å². The number of imidazole rings is 1. The largest absolute Gasteiger partial charge is 0.467 e. The highest BCUT2D eigenvalue weighted by molar-refractivity contribution is 5.98. The number of benzene rings is 1. The fourth-order valence-corrected chi connectivity index (χ4v) is 3.60. The highest BCUT2D eigenvalue weighted by Crippen LogP contribution is 2.37. The van der Waals surface area contributed by atoms with Gasteiger partial charge in [-0.3, -0.25) is 4.79 Å². The molecule has 1 atom stereocenters. The molecule has 1 heterocycles. The Hall–Kier alpha value is -3.14. The van der Waals surface area contributed by atoms with E-state index in [1.807, 2.05) is 6.07 Å². The van der Waals surface area contributed by atoms with Crippen molar-refractivity contribution in [3.05, 3.63) is 52.4 Å². The minimum atomic E-state index is -0.807. The molecule has 2 aromatic rings. The molecule has 1 aliphatic rings. The first-order valence-electron chi connectivity index (χ1n) is 9.03. The molecule has 2 N–H and O–H groups in total. The quantitative estimate of drug-likeness (QED) is 0.768. The normalized spacial score (nSPS) is 15.1. The number of methoxy groups -OCH3 is 1. The highest BCUT2D eigenvalue weighted by Gasteiger charge is 2.28. The number of rotatable bonds is 6. The number of nitrogens with one attached hydrogen (secondary N) is 2. The third-order valence-electron chi connectivity index (χ3n) is 4.99. The number of nitrogens with zero attached hydrogens (tertiary/aromatic N) is 2. The van der Waals surface area contributed by atoms with Gasteiger partial charge < -0.3 is 15.0 Å². The van der Waals surface area contributed by atoms with E-state index in [0.29, 0.717) is 17.2 Å². The monoisotopic (exact) mass is 367 g/mol. The number of aromatic amines is 1. The van der Waals surface area contributed by atoms with Crippen molar-refractivity contribution in [3.8, 4) is 6.57 Å². The zero-order chi connectivity index (χ0) is 19.2. The molecule has 7 nitrogen and oxygen atoms in total. The summed E-state index contributed by atoms with van der Waals surface area (Å²) in [5.41, 5.74) is 2.85. The van der Waals surface area contributed by atoms with Gasteiger partial charge in [0.05, 0.1) is 13.4 Å². The molecule has 1 aromatic heterocycles. The third kappa shape index (κ3) is 4.34. The lowest BCUT2D eigenvalue weighted by Gasteiger charge is -2.18. The molecule has 1 aromatic carbocycles. The van der Waals surface area contributed by atoms with Crippen LogP contribution in [0.2, 0.25) is 0 Å². The minimum absolute atomic E-state index is 0.271. The van der Waals surface area contributed by atoms with Crippen molar-refractivity contribution < 1.29 is 14.3 Å². The van der Waals surface area contributed by atoms with Gasteiger partial charge in [-0.1, -0.05) is 12.8 Å². The highest BCUT2D eigenvalue weighted by atomic mass is 16.5. The zero-order valence-electron chi connectivity index (χ0n) is 15.3. The number of carbonyl (C=O) groups is 2. The Labute approximate surface area is 158 Å². The van der Waals surface area contributed by atoms with Crippen LogP contribution in [0.1, 0.15) is 53.2 Å². The summed E-state index contributed by atoms with van der Waals surface area (Å²) in [6, 6.07) is 4.49. The van der Waals surface area contributed by atoms with E-state index >= 15 is 0 Å². The molecule has 1 saturated carbocycles. The average molecular weight is 367 g/mol. The van der Waals surface area contributed by atoms with Crippen LogP contribution in [0, 0.1) is 6.57 Å². The molecule has 0 bridgehead atoms. The van der Waals surface area contributed by atoms with Crippen molar-refractivity contribution in [3.63, 3.8) is 0 Å². The van der Waals surface area contributed by atoms with Gasteiger partial charge in [-0.15, -0.1) is 0 Å². The van der Waals surface area contributed by atoms with E-state index in [9.17, 15) is 9.59 Å². The minimum Gasteiger partial charge on any atom is -0.467 e. The second-order valence-electron chi connectivity index (χ2n) is 6.71. The lowest BCUT2D eigenvalue weighted by Crippen LogP contribution is -2.43. The van der Waals surface area contributed by atoms with E-state index in [0.717, 1.165) is 36.9 Å². The van der Waals surface area contributed by atoms with Crippen LogP contribution in [0.4, 0.5) is 5.69 Å². The predicted molar refractivity (Wildman–Crippen MR) is 101 cm³/mol. The Bertz CT molecular complexity index is 849. The Kier molecular flexibility index (Phi) is 5.87. The summed E-state index contributed by atoms with van der Waals surface area (Å²) in [7, 11) is 1.30. The Morgan fingerprint density at radius 2 is 2.19 bits per heavy atom. The molecule has 0 spiro atoms. The summed E-state index contributed by atoms with van der Waals surface area (Å²) in [6.45, 7) is 5.41. The van der Waals surface area contributed by atoms with Gasteiger partial charge in [-0.25, -0.2) is 9.78 Å². The maximum Gasteiger partial charge on any atom is 0.340 e. The summed E-state index contributed by atoms with van der Waals surface area (Å²) in [6.07, 6.45) is 7.75. The lowest BCUT2D eigenvalue weighted by atomic mass is 9.91. The molecule has 1 amide bonds. The van der Waals surface area contributed by atoms with Gasteiger partial charge in [0.15, 0.2) is 0 Å². The second kappa shape index (κ2) is 8.49. The number of hydrogen-bond donors (Lipinski definition) is 2. The van der Waals surface area contributed by atoms with Gasteiger partial charge in [-0.05, 0) is 35.2 Å². The molecule has 0 radical (unpaired) electrons. The first-order valence-corrected chi connectivity index (χ1v) is 9.03. The number of carbonyl (C=O) groups excluding carboxylic acids is 2. The van der Waals surface area contributed by atoms with E-state index < -0.39 is 12.0 Å². The smallest absolute Gasteiger partial charge is 0.340 e. The molecular weight excluding hydrogens is 344 g/mol. The molecule has 1 fully saturated rings. The van der Waals surface area contributed by atoms with Crippen molar-refractivity contribution in [1.82, 2.24) is 15.3 Å². The van der Waals surface area contributed by atoms with Crippen LogP contribution in [0.3, 0.4) is 0 Å². The van der Waals surface area contributed by atoms with Crippen molar-refractivity contribution in [2.45, 2.75) is 44.1 Å². The van der Waals surface area contributed by atoms with Crippen LogP contribution in [0.25, 0.3) is 4.85 Å². The molecule has 0 unspecified atom stereocenters. The molecule has 0 aliphatic heterocycles. The molecule has 1 aliphatic carbocycles. The van der Waals surface area contributed by atoms with Crippen LogP contribution in [0.5, 0.6) is 0 Å². The molecule has 27 heavy (non-hydrogen) atoms. The average Bonchev–Trinajstić information content (AvgIpc) is 3.40. The van der Waals surface area contributed by atoms with E-state index in [4.69, 9.17) is 11.3 Å². The van der Waals surface area contributed by atoms with Crippen LogP contribution in [-0.4, -0.2) is 35.0 Å². The number of hydrogen-bond acceptors (Lipinski definition) is 4. The van der Waals surface area contributed by atoms with Gasteiger partial charge in [0, 0.05) is 36.0 Å². The number of ether oxygens (including phenoxy) is 1. The molecule has 3 rings (SSSR count). The van der Waals surface area contributed by atoms with Crippen LogP contribution in [0.15, 0.2) is 30.7 Å². The number of H-pyrrole nitrogens is 1. The van der Waals surface area contributed by atoms with Gasteiger partial charge in [0.25, 0.3) is 12.5 Å². The Balaban J connectivity index is 1.85. The summed E-state index contributed by atoms with van der Waals surface area (Å²) in [5, 5.41) is 2.80. The number of esters is 1. The fourth-order valence-electron chi connectivity index (χ4n) is 3.60. The Morgan fingerprint density at radius 3 is 2.81 bits per heavy atom. The topological polar surface area (TPSA) is 88.4 Å². The van der Waals surface area contributed by atoms with E-state index in [1.165, 1.54) is 13.4 Å². The van der Waals surface area contributed by atoms with Gasteiger partial charge in [0.1, 0.15) is 6.04 Å². The van der Waals surface area contributed by atoms with Crippen molar-refractivity contribution in [1.29, 1.82) is 0 Å². The lowest BCUT2D eigenvalue weighted by molar-refractivity contribution is -0.142. The summed E-state index contributed by atoms with van der Waals surface area (Å²) < 4.78 is 4.84. The number of aromatic nitrogens is 2. The number of amides is 1. The van der Waals surface area contributed by atoms with Crippen LogP contribution in [-0.2, 0) is 16.0 Å². The van der Waals surface area contributed by atoms with E-state index in [-0.39, 0.29) is 12.3 Å². The fraction of sp³-hybridized carbons (Fsp3) is 0.400. The van der Waals surface area contributed by atoms with Crippen molar-refractivity contribution >= 4 is 17.6 Å². The summed E-state index contributed by atoms with van der Waals surface area (Å²) >= 11 is 0. The third-order valence-corrected chi connectivity index (χ3v) is 4.99. The first kappa shape index (κ1) is 18.6. The first-order chi connectivity index (χ1) is 13.1. The molecular formula is C20H23N4O3+.